The van der Waals surface area contributed by atoms with Crippen molar-refractivity contribution in [2.45, 2.75) is 63.5 Å². The Morgan fingerprint density at radius 2 is 1.94 bits per heavy atom. The van der Waals surface area contributed by atoms with Crippen LogP contribution in [0.5, 0.6) is 0 Å². The first-order valence-electron chi connectivity index (χ1n) is 7.41. The molecule has 3 aliphatic rings. The van der Waals surface area contributed by atoms with Crippen LogP contribution in [-0.2, 0) is 0 Å². The molecule has 0 aromatic rings. The Bertz CT molecular complexity index is 294. The van der Waals surface area contributed by atoms with Crippen LogP contribution >= 0.6 is 0 Å². The van der Waals surface area contributed by atoms with E-state index in [1.165, 1.54) is 57.2 Å². The molecule has 3 rings (SSSR count). The fourth-order valence-electron chi connectivity index (χ4n) is 3.77. The van der Waals surface area contributed by atoms with E-state index in [2.05, 4.69) is 5.32 Å². The van der Waals surface area contributed by atoms with Gasteiger partial charge in [-0.2, -0.15) is 0 Å². The molecule has 3 heteroatoms. The number of hydrogen-bond acceptors (Lipinski definition) is 3. The zero-order valence-electron chi connectivity index (χ0n) is 10.7. The third kappa shape index (κ3) is 2.35. The summed E-state index contributed by atoms with van der Waals surface area (Å²) in [5, 5.41) is 3.72. The van der Waals surface area contributed by atoms with Crippen LogP contribution in [0.2, 0.25) is 0 Å². The fraction of sp³-hybridized carbons (Fsp3) is 0.929. The van der Waals surface area contributed by atoms with Gasteiger partial charge in [-0.15, -0.1) is 0 Å². The molecular weight excluding hydrogens is 210 g/mol. The first-order valence-corrected chi connectivity index (χ1v) is 7.41. The van der Waals surface area contributed by atoms with Gasteiger partial charge in [0.25, 0.3) is 0 Å². The Hall–Kier alpha value is -0.570. The van der Waals surface area contributed by atoms with Crippen LogP contribution in [0, 0.1) is 11.8 Å². The summed E-state index contributed by atoms with van der Waals surface area (Å²) in [6.07, 6.45) is 10.7. The van der Waals surface area contributed by atoms with E-state index >= 15 is 0 Å². The average molecular weight is 235 g/mol. The smallest absolute Gasteiger partial charge is 0.100 e. The van der Waals surface area contributed by atoms with Crippen LogP contribution in [0.25, 0.3) is 0 Å². The minimum Gasteiger partial charge on any atom is -0.369 e. The molecule has 0 bridgehead atoms. The number of nitrogens with zero attached hydrogens (tertiary/aromatic N) is 1. The molecule has 2 fully saturated rings. The summed E-state index contributed by atoms with van der Waals surface area (Å²) in [6, 6.07) is 1.17. The highest BCUT2D eigenvalue weighted by Crippen LogP contribution is 2.32. The molecule has 1 heterocycles. The van der Waals surface area contributed by atoms with Gasteiger partial charge < -0.3 is 11.1 Å². The molecule has 2 aliphatic carbocycles. The van der Waals surface area contributed by atoms with Gasteiger partial charge >= 0.3 is 0 Å². The molecule has 3 nitrogen and oxygen atoms in total. The van der Waals surface area contributed by atoms with Crippen molar-refractivity contribution in [3.63, 3.8) is 0 Å². The van der Waals surface area contributed by atoms with Crippen LogP contribution in [-0.4, -0.2) is 24.5 Å². The molecule has 0 radical (unpaired) electrons. The molecule has 2 saturated carbocycles. The van der Waals surface area contributed by atoms with E-state index in [4.69, 9.17) is 10.7 Å². The van der Waals surface area contributed by atoms with Crippen LogP contribution < -0.4 is 11.1 Å². The normalized spacial score (nSPS) is 38.4. The van der Waals surface area contributed by atoms with Crippen molar-refractivity contribution in [2.75, 3.05) is 6.54 Å². The summed E-state index contributed by atoms with van der Waals surface area (Å²) in [7, 11) is 0. The fourth-order valence-corrected chi connectivity index (χ4v) is 3.77. The average Bonchev–Trinajstić information content (AvgIpc) is 2.82. The van der Waals surface area contributed by atoms with Crippen molar-refractivity contribution in [3.05, 3.63) is 0 Å². The Kier molecular flexibility index (Phi) is 3.37. The first-order chi connectivity index (χ1) is 8.36. The second-order valence-corrected chi connectivity index (χ2v) is 6.08. The maximum absolute atomic E-state index is 5.80. The molecule has 1 aliphatic heterocycles. The van der Waals surface area contributed by atoms with Crippen LogP contribution in [0.1, 0.15) is 51.4 Å². The van der Waals surface area contributed by atoms with Gasteiger partial charge in [-0.25, -0.2) is 0 Å². The maximum Gasteiger partial charge on any atom is 0.100 e. The Balaban J connectivity index is 1.62. The lowest BCUT2D eigenvalue weighted by molar-refractivity contribution is 0.293. The molecule has 3 atom stereocenters. The first kappa shape index (κ1) is 11.5. The van der Waals surface area contributed by atoms with E-state index in [9.17, 15) is 0 Å². The van der Waals surface area contributed by atoms with Gasteiger partial charge in [0.2, 0.25) is 0 Å². The van der Waals surface area contributed by atoms with E-state index in [0.717, 1.165) is 18.4 Å². The molecule has 0 aromatic carbocycles. The summed E-state index contributed by atoms with van der Waals surface area (Å²) in [5.41, 5.74) is 5.80. The number of nitrogens with one attached hydrogen (secondary N) is 1. The predicted octanol–water partition coefficient (Wildman–Crippen LogP) is 2.06. The largest absolute Gasteiger partial charge is 0.369 e. The summed E-state index contributed by atoms with van der Waals surface area (Å²) in [6.45, 7) is 0.851. The highest BCUT2D eigenvalue weighted by Gasteiger charge is 2.36. The van der Waals surface area contributed by atoms with Crippen LogP contribution in [0.15, 0.2) is 4.99 Å². The van der Waals surface area contributed by atoms with Crippen molar-refractivity contribution in [2.24, 2.45) is 22.6 Å². The minimum atomic E-state index is 0.565. The zero-order chi connectivity index (χ0) is 11.7. The summed E-state index contributed by atoms with van der Waals surface area (Å²) in [5.74, 6) is 2.81. The van der Waals surface area contributed by atoms with Gasteiger partial charge in [0.15, 0.2) is 0 Å². The maximum atomic E-state index is 5.80. The minimum absolute atomic E-state index is 0.565. The Morgan fingerprint density at radius 3 is 2.71 bits per heavy atom. The van der Waals surface area contributed by atoms with Crippen molar-refractivity contribution in [1.29, 1.82) is 0 Å². The number of amidine groups is 1. The second kappa shape index (κ2) is 4.97. The summed E-state index contributed by atoms with van der Waals surface area (Å²) < 4.78 is 0. The molecular formula is C14H25N3. The molecule has 3 unspecified atom stereocenters. The number of hydrogen-bond donors (Lipinski definition) is 2. The second-order valence-electron chi connectivity index (χ2n) is 6.08. The molecule has 96 valence electrons. The molecule has 0 saturated heterocycles. The van der Waals surface area contributed by atoms with E-state index in [1.54, 1.807) is 0 Å². The highest BCUT2D eigenvalue weighted by molar-refractivity contribution is 5.86. The third-order valence-electron chi connectivity index (χ3n) is 4.89. The topological polar surface area (TPSA) is 50.4 Å². The van der Waals surface area contributed by atoms with E-state index in [-0.39, 0.29) is 0 Å². The lowest BCUT2D eigenvalue weighted by atomic mass is 9.83. The quantitative estimate of drug-likeness (QED) is 0.770. The predicted molar refractivity (Wildman–Crippen MR) is 71.1 cm³/mol. The molecule has 0 amide bonds. The number of nitrogens with two attached hydrogens (primary N) is 1. The van der Waals surface area contributed by atoms with Gasteiger partial charge in [-0.3, -0.25) is 4.99 Å². The van der Waals surface area contributed by atoms with E-state index < -0.39 is 0 Å². The molecule has 3 N–H and O–H groups in total. The zero-order valence-corrected chi connectivity index (χ0v) is 10.7. The Labute approximate surface area is 104 Å². The van der Waals surface area contributed by atoms with Gasteiger partial charge in [-0.1, -0.05) is 19.3 Å². The molecule has 0 aromatic heterocycles. The van der Waals surface area contributed by atoms with Crippen molar-refractivity contribution in [3.8, 4) is 0 Å². The number of aliphatic imine (C=N–C) groups is 1. The number of rotatable bonds is 2. The summed E-state index contributed by atoms with van der Waals surface area (Å²) >= 11 is 0. The lowest BCUT2D eigenvalue weighted by Gasteiger charge is -2.30. The monoisotopic (exact) mass is 235 g/mol. The standard InChI is InChI=1S/C14H25N3/c15-9-10-6-7-12-13(8-10)17-14(16-12)11-4-2-1-3-5-11/h10-13H,1-9,15H2,(H,16,17). The van der Waals surface area contributed by atoms with Crippen LogP contribution in [0.3, 0.4) is 0 Å². The van der Waals surface area contributed by atoms with Crippen molar-refractivity contribution in [1.82, 2.24) is 5.32 Å². The van der Waals surface area contributed by atoms with E-state index in [0.29, 0.717) is 12.1 Å². The third-order valence-corrected chi connectivity index (χ3v) is 4.89. The van der Waals surface area contributed by atoms with Gasteiger partial charge in [0.05, 0.1) is 6.04 Å². The van der Waals surface area contributed by atoms with Gasteiger partial charge in [0, 0.05) is 12.0 Å². The number of fused-ring (bicyclic) bond motifs is 1. The Morgan fingerprint density at radius 1 is 1.12 bits per heavy atom. The highest BCUT2D eigenvalue weighted by atomic mass is 15.1. The molecule has 17 heavy (non-hydrogen) atoms. The van der Waals surface area contributed by atoms with Crippen LogP contribution in [0.4, 0.5) is 0 Å². The van der Waals surface area contributed by atoms with Crippen molar-refractivity contribution < 1.29 is 0 Å². The molecule has 0 spiro atoms. The van der Waals surface area contributed by atoms with Gasteiger partial charge in [-0.05, 0) is 44.6 Å². The van der Waals surface area contributed by atoms with Gasteiger partial charge in [0.1, 0.15) is 5.84 Å². The van der Waals surface area contributed by atoms with Crippen molar-refractivity contribution >= 4 is 5.84 Å². The summed E-state index contributed by atoms with van der Waals surface area (Å²) in [4.78, 5) is 4.97. The van der Waals surface area contributed by atoms with E-state index in [1.807, 2.05) is 0 Å². The SMILES string of the molecule is NCC1CCC2N=C(C3CCCCC3)NC2C1. The lowest BCUT2D eigenvalue weighted by Crippen LogP contribution is -2.42.